The Kier molecular flexibility index (Phi) is 4.88. The first-order valence-electron chi connectivity index (χ1n) is 8.97. The van der Waals surface area contributed by atoms with Gasteiger partial charge in [-0.05, 0) is 30.2 Å². The Labute approximate surface area is 152 Å². The van der Waals surface area contributed by atoms with E-state index < -0.39 is 0 Å². The van der Waals surface area contributed by atoms with Crippen LogP contribution in [0.5, 0.6) is 0 Å². The number of hydrogen-bond acceptors (Lipinski definition) is 5. The van der Waals surface area contributed by atoms with Crippen LogP contribution in [0.15, 0.2) is 48.8 Å². The van der Waals surface area contributed by atoms with E-state index in [1.807, 2.05) is 41.4 Å². The number of amides is 1. The zero-order valence-electron chi connectivity index (χ0n) is 14.7. The molecule has 7 heteroatoms. The third kappa shape index (κ3) is 3.88. The smallest absolute Gasteiger partial charge is 0.246 e. The van der Waals surface area contributed by atoms with Gasteiger partial charge in [0.1, 0.15) is 17.6 Å². The molecule has 1 aliphatic heterocycles. The maximum absolute atomic E-state index is 12.7. The van der Waals surface area contributed by atoms with Gasteiger partial charge in [-0.3, -0.25) is 14.7 Å². The van der Waals surface area contributed by atoms with Crippen molar-refractivity contribution < 1.29 is 4.79 Å². The fraction of sp³-hybridized carbons (Fsp3) is 0.368. The lowest BCUT2D eigenvalue weighted by Crippen LogP contribution is -2.37. The van der Waals surface area contributed by atoms with Crippen molar-refractivity contribution in [3.8, 4) is 0 Å². The van der Waals surface area contributed by atoms with Crippen LogP contribution in [0.2, 0.25) is 0 Å². The molecule has 3 aromatic rings. The summed E-state index contributed by atoms with van der Waals surface area (Å²) in [5, 5.41) is 8.76. The third-order valence-electron chi connectivity index (χ3n) is 4.67. The second-order valence-electron chi connectivity index (χ2n) is 6.59. The molecule has 26 heavy (non-hydrogen) atoms. The van der Waals surface area contributed by atoms with Crippen molar-refractivity contribution in [1.82, 2.24) is 29.8 Å². The van der Waals surface area contributed by atoms with E-state index in [0.29, 0.717) is 0 Å². The van der Waals surface area contributed by atoms with Gasteiger partial charge >= 0.3 is 0 Å². The van der Waals surface area contributed by atoms with E-state index in [2.05, 4.69) is 26.1 Å². The number of carbonyl (C=O) groups excluding carboxylic acids is 1. The van der Waals surface area contributed by atoms with Crippen molar-refractivity contribution in [2.24, 2.45) is 0 Å². The van der Waals surface area contributed by atoms with Crippen molar-refractivity contribution in [2.45, 2.75) is 19.5 Å². The Morgan fingerprint density at radius 1 is 0.962 bits per heavy atom. The van der Waals surface area contributed by atoms with E-state index in [1.54, 1.807) is 6.20 Å². The molecule has 0 aliphatic carbocycles. The summed E-state index contributed by atoms with van der Waals surface area (Å²) in [4.78, 5) is 22.6. The van der Waals surface area contributed by atoms with Gasteiger partial charge in [0, 0.05) is 45.1 Å². The zero-order chi connectivity index (χ0) is 17.8. The molecule has 0 bridgehead atoms. The van der Waals surface area contributed by atoms with Crippen molar-refractivity contribution >= 4 is 16.9 Å². The van der Waals surface area contributed by atoms with Gasteiger partial charge < -0.3 is 4.90 Å². The molecule has 7 nitrogen and oxygen atoms in total. The van der Waals surface area contributed by atoms with Crippen LogP contribution in [0.25, 0.3) is 11.0 Å². The molecule has 3 heterocycles. The number of aromatic nitrogens is 4. The summed E-state index contributed by atoms with van der Waals surface area (Å²) in [5.74, 6) is 0.0773. The quantitative estimate of drug-likeness (QED) is 0.714. The molecule has 1 aromatic carbocycles. The molecule has 1 aliphatic rings. The molecule has 134 valence electrons. The molecule has 0 N–H and O–H groups in total. The Bertz CT molecular complexity index is 845. The summed E-state index contributed by atoms with van der Waals surface area (Å²) in [6.45, 7) is 4.44. The van der Waals surface area contributed by atoms with E-state index >= 15 is 0 Å². The van der Waals surface area contributed by atoms with Gasteiger partial charge in [0.15, 0.2) is 0 Å². The maximum Gasteiger partial charge on any atom is 0.246 e. The van der Waals surface area contributed by atoms with Gasteiger partial charge in [-0.1, -0.05) is 18.2 Å². The number of benzene rings is 1. The van der Waals surface area contributed by atoms with E-state index in [0.717, 1.165) is 50.2 Å². The molecule has 1 saturated heterocycles. The Balaban J connectivity index is 1.35. The summed E-state index contributed by atoms with van der Waals surface area (Å²) in [6, 6.07) is 11.7. The summed E-state index contributed by atoms with van der Waals surface area (Å²) in [6.07, 6.45) is 4.67. The predicted molar refractivity (Wildman–Crippen MR) is 98.2 cm³/mol. The zero-order valence-corrected chi connectivity index (χ0v) is 14.7. The van der Waals surface area contributed by atoms with Crippen molar-refractivity contribution in [2.75, 3.05) is 26.2 Å². The molecule has 2 aromatic heterocycles. The summed E-state index contributed by atoms with van der Waals surface area (Å²) >= 11 is 0. The van der Waals surface area contributed by atoms with Crippen LogP contribution in [0.4, 0.5) is 0 Å². The minimum atomic E-state index is 0.0773. The van der Waals surface area contributed by atoms with Crippen LogP contribution in [-0.4, -0.2) is 61.9 Å². The van der Waals surface area contributed by atoms with Crippen LogP contribution in [-0.2, 0) is 17.9 Å². The fourth-order valence-corrected chi connectivity index (χ4v) is 3.32. The topological polar surface area (TPSA) is 67.2 Å². The second kappa shape index (κ2) is 7.61. The van der Waals surface area contributed by atoms with Crippen molar-refractivity contribution in [1.29, 1.82) is 0 Å². The third-order valence-corrected chi connectivity index (χ3v) is 4.67. The van der Waals surface area contributed by atoms with E-state index in [4.69, 9.17) is 0 Å². The number of fused-ring (bicyclic) bond motifs is 1. The van der Waals surface area contributed by atoms with Crippen LogP contribution >= 0.6 is 0 Å². The van der Waals surface area contributed by atoms with Gasteiger partial charge in [0.25, 0.3) is 0 Å². The standard InChI is InChI=1S/C19H22N6O/c26-19(15-25-21-17-6-1-2-7-18(17)22-25)24-10-4-9-23(11-12-24)14-16-5-3-8-20-13-16/h1-3,5-8,13H,4,9-12,14-15H2. The molecule has 1 fully saturated rings. The average Bonchev–Trinajstić information content (AvgIpc) is 2.92. The molecule has 0 radical (unpaired) electrons. The number of pyridine rings is 1. The number of carbonyl (C=O) groups is 1. The lowest BCUT2D eigenvalue weighted by Gasteiger charge is -2.21. The van der Waals surface area contributed by atoms with Crippen LogP contribution in [0.3, 0.4) is 0 Å². The van der Waals surface area contributed by atoms with Gasteiger partial charge in [0.2, 0.25) is 5.91 Å². The predicted octanol–water partition coefficient (Wildman–Crippen LogP) is 1.56. The summed E-state index contributed by atoms with van der Waals surface area (Å²) < 4.78 is 0. The summed E-state index contributed by atoms with van der Waals surface area (Å²) in [5.41, 5.74) is 2.84. The SMILES string of the molecule is O=C(Cn1nc2ccccc2n1)N1CCCN(Cc2cccnc2)CC1. The first-order chi connectivity index (χ1) is 12.8. The average molecular weight is 350 g/mol. The molecule has 0 spiro atoms. The van der Waals surface area contributed by atoms with E-state index in [1.165, 1.54) is 10.4 Å². The molecular weight excluding hydrogens is 328 g/mol. The van der Waals surface area contributed by atoms with Crippen molar-refractivity contribution in [3.63, 3.8) is 0 Å². The first kappa shape index (κ1) is 16.7. The maximum atomic E-state index is 12.7. The fourth-order valence-electron chi connectivity index (χ4n) is 3.32. The highest BCUT2D eigenvalue weighted by molar-refractivity contribution is 5.77. The minimum Gasteiger partial charge on any atom is -0.340 e. The van der Waals surface area contributed by atoms with Crippen LogP contribution in [0.1, 0.15) is 12.0 Å². The highest BCUT2D eigenvalue weighted by atomic mass is 16.2. The number of rotatable bonds is 4. The molecule has 1 amide bonds. The minimum absolute atomic E-state index is 0.0773. The van der Waals surface area contributed by atoms with Gasteiger partial charge in [-0.15, -0.1) is 0 Å². The van der Waals surface area contributed by atoms with Crippen molar-refractivity contribution in [3.05, 3.63) is 54.4 Å². The number of nitrogens with zero attached hydrogens (tertiary/aromatic N) is 6. The Morgan fingerprint density at radius 2 is 1.77 bits per heavy atom. The normalized spacial score (nSPS) is 15.9. The van der Waals surface area contributed by atoms with Crippen LogP contribution in [0, 0.1) is 0 Å². The first-order valence-corrected chi connectivity index (χ1v) is 8.97. The second-order valence-corrected chi connectivity index (χ2v) is 6.59. The Morgan fingerprint density at radius 3 is 2.50 bits per heavy atom. The van der Waals surface area contributed by atoms with E-state index in [-0.39, 0.29) is 12.5 Å². The van der Waals surface area contributed by atoms with E-state index in [9.17, 15) is 4.79 Å². The highest BCUT2D eigenvalue weighted by Gasteiger charge is 2.20. The largest absolute Gasteiger partial charge is 0.340 e. The van der Waals surface area contributed by atoms with Gasteiger partial charge in [-0.2, -0.15) is 15.0 Å². The monoisotopic (exact) mass is 350 g/mol. The molecule has 0 atom stereocenters. The summed E-state index contributed by atoms with van der Waals surface area (Å²) in [7, 11) is 0. The number of hydrogen-bond donors (Lipinski definition) is 0. The van der Waals surface area contributed by atoms with Gasteiger partial charge in [-0.25, -0.2) is 0 Å². The molecule has 0 saturated carbocycles. The molecule has 4 rings (SSSR count). The Hall–Kier alpha value is -2.80. The van der Waals surface area contributed by atoms with Crippen LogP contribution < -0.4 is 0 Å². The highest BCUT2D eigenvalue weighted by Crippen LogP contribution is 2.10. The molecule has 0 unspecified atom stereocenters. The van der Waals surface area contributed by atoms with Gasteiger partial charge in [0.05, 0.1) is 0 Å². The molecular formula is C19H22N6O. The lowest BCUT2D eigenvalue weighted by atomic mass is 10.2. The lowest BCUT2D eigenvalue weighted by molar-refractivity contribution is -0.132.